The van der Waals surface area contributed by atoms with Crippen molar-refractivity contribution >= 4 is 52.7 Å². The second kappa shape index (κ2) is 10.2. The molecule has 0 unspecified atom stereocenters. The molecule has 0 aliphatic carbocycles. The van der Waals surface area contributed by atoms with Gasteiger partial charge in [-0.3, -0.25) is 14.8 Å². The topological polar surface area (TPSA) is 87.6 Å². The van der Waals surface area contributed by atoms with Crippen molar-refractivity contribution in [2.45, 2.75) is 26.2 Å². The Kier molecular flexibility index (Phi) is 7.33. The van der Waals surface area contributed by atoms with Crippen molar-refractivity contribution < 1.29 is 19.9 Å². The first-order valence-electron chi connectivity index (χ1n) is 10.9. The number of aliphatic carboxylic acids is 1. The lowest BCUT2D eigenvalue weighted by atomic mass is 10.1. The van der Waals surface area contributed by atoms with Gasteiger partial charge in [0.2, 0.25) is 5.91 Å². The number of halogens is 1. The van der Waals surface area contributed by atoms with Gasteiger partial charge in [0, 0.05) is 55.5 Å². The van der Waals surface area contributed by atoms with Crippen LogP contribution in [0.15, 0.2) is 36.4 Å². The summed E-state index contributed by atoms with van der Waals surface area (Å²) in [6, 6.07) is 11.4. The van der Waals surface area contributed by atoms with Crippen molar-refractivity contribution in [1.82, 2.24) is 4.31 Å². The summed E-state index contributed by atoms with van der Waals surface area (Å²) in [4.78, 5) is 27.0. The molecule has 1 amide bonds. The molecule has 8 nitrogen and oxygen atoms in total. The minimum atomic E-state index is -0.977. The maximum absolute atomic E-state index is 12.3. The first-order valence-corrected chi connectivity index (χ1v) is 12.0. The zero-order valence-electron chi connectivity index (χ0n) is 18.4. The third kappa shape index (κ3) is 5.38. The van der Waals surface area contributed by atoms with Crippen LogP contribution in [0.25, 0.3) is 0 Å². The molecule has 1 saturated heterocycles. The number of fused-ring (bicyclic) bond motifs is 1. The summed E-state index contributed by atoms with van der Waals surface area (Å²) < 4.78 is 3.28. The summed E-state index contributed by atoms with van der Waals surface area (Å²) in [7, 11) is 0. The molecule has 0 saturated carbocycles. The minimum absolute atomic E-state index is 0.0147. The number of nitrogens with zero attached hydrogens (tertiary/aromatic N) is 4. The van der Waals surface area contributed by atoms with Crippen molar-refractivity contribution in [3.8, 4) is 0 Å². The summed E-state index contributed by atoms with van der Waals surface area (Å²) in [5, 5.41) is 20.2. The van der Waals surface area contributed by atoms with Crippen molar-refractivity contribution in [2.75, 3.05) is 47.0 Å². The molecular formula is C23H27ClN4O4S. The lowest BCUT2D eigenvalue weighted by Gasteiger charge is -2.37. The van der Waals surface area contributed by atoms with E-state index >= 15 is 0 Å². The van der Waals surface area contributed by atoms with Crippen molar-refractivity contribution in [1.29, 1.82) is 0 Å². The number of piperazine rings is 1. The van der Waals surface area contributed by atoms with Crippen molar-refractivity contribution in [3.05, 3.63) is 52.5 Å². The van der Waals surface area contributed by atoms with Crippen LogP contribution in [0.3, 0.4) is 0 Å². The van der Waals surface area contributed by atoms with E-state index in [-0.39, 0.29) is 18.7 Å². The number of carbonyl (C=O) groups is 2. The smallest absolute Gasteiger partial charge is 0.303 e. The first kappa shape index (κ1) is 23.7. The molecular weight excluding hydrogens is 464 g/mol. The van der Waals surface area contributed by atoms with E-state index in [0.29, 0.717) is 18.7 Å². The van der Waals surface area contributed by atoms with Gasteiger partial charge in [-0.2, -0.15) is 4.47 Å². The van der Waals surface area contributed by atoms with Gasteiger partial charge in [0.05, 0.1) is 24.2 Å². The summed E-state index contributed by atoms with van der Waals surface area (Å²) in [6.45, 7) is 5.79. The van der Waals surface area contributed by atoms with Crippen LogP contribution in [0.4, 0.5) is 17.1 Å². The van der Waals surface area contributed by atoms with Crippen LogP contribution in [0, 0.1) is 6.92 Å². The van der Waals surface area contributed by atoms with E-state index in [2.05, 4.69) is 15.3 Å². The summed E-state index contributed by atoms with van der Waals surface area (Å²) >= 11 is 7.53. The molecule has 0 radical (unpaired) electrons. The van der Waals surface area contributed by atoms with E-state index in [0.717, 1.165) is 58.2 Å². The highest BCUT2D eigenvalue weighted by Gasteiger charge is 2.26. The predicted octanol–water partition coefficient (Wildman–Crippen LogP) is 3.98. The highest BCUT2D eigenvalue weighted by molar-refractivity contribution is 7.98. The zero-order valence-corrected chi connectivity index (χ0v) is 20.0. The quantitative estimate of drug-likeness (QED) is 0.445. The Hall–Kier alpha value is -2.46. The normalized spacial score (nSPS) is 16.1. The third-order valence-corrected chi connectivity index (χ3v) is 7.42. The van der Waals surface area contributed by atoms with Gasteiger partial charge in [-0.25, -0.2) is 4.31 Å². The van der Waals surface area contributed by atoms with E-state index in [1.165, 1.54) is 12.1 Å². The van der Waals surface area contributed by atoms with Gasteiger partial charge in [-0.15, -0.1) is 0 Å². The molecule has 0 spiro atoms. The van der Waals surface area contributed by atoms with E-state index in [9.17, 15) is 14.8 Å². The standard InChI is InChI=1S/C23H27ClN4O4S/c1-16-19(24)3-2-4-20(16)25-11-13-26(14-12-25)33-28(32)18-5-6-21-17(15-18)9-10-27(21)22(29)7-8-23(30)31/h2-6,15,32H,7-14H2,1H3,(H,30,31). The number of amides is 1. The monoisotopic (exact) mass is 490 g/mol. The fraction of sp³-hybridized carbons (Fsp3) is 0.391. The number of rotatable bonds is 7. The molecule has 2 heterocycles. The Labute approximate surface area is 202 Å². The molecule has 2 aromatic rings. The van der Waals surface area contributed by atoms with Gasteiger partial charge >= 0.3 is 5.97 Å². The summed E-state index contributed by atoms with van der Waals surface area (Å²) in [5.74, 6) is -1.17. The highest BCUT2D eigenvalue weighted by atomic mass is 35.5. The number of benzene rings is 2. The van der Waals surface area contributed by atoms with Crippen molar-refractivity contribution in [2.24, 2.45) is 0 Å². The highest BCUT2D eigenvalue weighted by Crippen LogP contribution is 2.34. The summed E-state index contributed by atoms with van der Waals surface area (Å²) in [5.41, 5.74) is 4.63. The SMILES string of the molecule is Cc1c(Cl)cccc1N1CCN(SN(O)c2ccc3c(c2)CCN3C(=O)CCC(=O)O)CC1. The molecule has 0 atom stereocenters. The average Bonchev–Trinajstić information content (AvgIpc) is 3.23. The Morgan fingerprint density at radius 3 is 2.55 bits per heavy atom. The molecule has 4 rings (SSSR count). The molecule has 2 N–H and O–H groups in total. The number of carboxylic acid groups (broad SMARTS) is 1. The lowest BCUT2D eigenvalue weighted by Crippen LogP contribution is -2.44. The summed E-state index contributed by atoms with van der Waals surface area (Å²) in [6.07, 6.45) is 0.491. The maximum atomic E-state index is 12.3. The largest absolute Gasteiger partial charge is 0.481 e. The van der Waals surface area contributed by atoms with E-state index in [1.807, 2.05) is 31.2 Å². The second-order valence-electron chi connectivity index (χ2n) is 8.16. The Bertz CT molecular complexity index is 1050. The first-order chi connectivity index (χ1) is 15.8. The minimum Gasteiger partial charge on any atom is -0.481 e. The van der Waals surface area contributed by atoms with E-state index < -0.39 is 5.97 Å². The van der Waals surface area contributed by atoms with Crippen LogP contribution >= 0.6 is 23.7 Å². The molecule has 0 aromatic heterocycles. The molecule has 10 heteroatoms. The number of carbonyl (C=O) groups excluding carboxylic acids is 1. The van der Waals surface area contributed by atoms with Gasteiger partial charge in [0.1, 0.15) is 0 Å². The predicted molar refractivity (Wildman–Crippen MR) is 131 cm³/mol. The lowest BCUT2D eigenvalue weighted by molar-refractivity contribution is -0.138. The zero-order chi connectivity index (χ0) is 23.5. The Morgan fingerprint density at radius 2 is 1.82 bits per heavy atom. The average molecular weight is 491 g/mol. The van der Waals surface area contributed by atoms with E-state index in [1.54, 1.807) is 11.0 Å². The van der Waals surface area contributed by atoms with Gasteiger partial charge in [-0.05, 0) is 54.8 Å². The van der Waals surface area contributed by atoms with Gasteiger partial charge in [0.25, 0.3) is 0 Å². The van der Waals surface area contributed by atoms with Crippen LogP contribution in [0.2, 0.25) is 5.02 Å². The molecule has 1 fully saturated rings. The van der Waals surface area contributed by atoms with E-state index in [4.69, 9.17) is 16.7 Å². The molecule has 0 bridgehead atoms. The Morgan fingerprint density at radius 1 is 1.06 bits per heavy atom. The maximum Gasteiger partial charge on any atom is 0.303 e. The van der Waals surface area contributed by atoms with Crippen LogP contribution < -0.4 is 14.3 Å². The molecule has 2 aliphatic heterocycles. The van der Waals surface area contributed by atoms with Gasteiger partial charge < -0.3 is 14.9 Å². The van der Waals surface area contributed by atoms with Crippen LogP contribution in [0.1, 0.15) is 24.0 Å². The third-order valence-electron chi connectivity index (χ3n) is 6.04. The number of carboxylic acids is 1. The van der Waals surface area contributed by atoms with Gasteiger partial charge in [-0.1, -0.05) is 17.7 Å². The molecule has 176 valence electrons. The Balaban J connectivity index is 1.33. The number of hydrogen-bond acceptors (Lipinski definition) is 7. The fourth-order valence-electron chi connectivity index (χ4n) is 4.22. The number of anilines is 3. The molecule has 2 aromatic carbocycles. The fourth-order valence-corrected chi connectivity index (χ4v) is 5.14. The van der Waals surface area contributed by atoms with Crippen molar-refractivity contribution in [3.63, 3.8) is 0 Å². The second-order valence-corrected chi connectivity index (χ2v) is 9.59. The molecule has 2 aliphatic rings. The molecule has 33 heavy (non-hydrogen) atoms. The van der Waals surface area contributed by atoms with Crippen LogP contribution in [-0.4, -0.2) is 59.2 Å². The van der Waals surface area contributed by atoms with Gasteiger partial charge in [0.15, 0.2) is 0 Å². The van der Waals surface area contributed by atoms with Crippen LogP contribution in [-0.2, 0) is 16.0 Å². The number of hydrogen-bond donors (Lipinski definition) is 2. The van der Waals surface area contributed by atoms with Crippen LogP contribution in [0.5, 0.6) is 0 Å².